The van der Waals surface area contributed by atoms with Crippen LogP contribution in [0.1, 0.15) is 51.7 Å². The highest BCUT2D eigenvalue weighted by molar-refractivity contribution is 9.09. The van der Waals surface area contributed by atoms with E-state index in [1.807, 2.05) is 54.6 Å². The number of hydrogen-bond donors (Lipinski definition) is 2. The number of fused-ring (bicyclic) bond motifs is 1. The van der Waals surface area contributed by atoms with Crippen LogP contribution in [0.4, 0.5) is 11.4 Å². The maximum atomic E-state index is 14.8. The van der Waals surface area contributed by atoms with Gasteiger partial charge in [0.25, 0.3) is 5.91 Å². The number of carbonyl (C=O) groups is 4. The lowest BCUT2D eigenvalue weighted by atomic mass is 9.70. The second-order valence-electron chi connectivity index (χ2n) is 13.3. The van der Waals surface area contributed by atoms with E-state index < -0.39 is 53.6 Å². The number of aliphatic hydroxyl groups is 1. The first-order valence-corrected chi connectivity index (χ1v) is 18.6. The number of aliphatic hydroxyl groups excluding tert-OH is 1. The number of hydrogen-bond acceptors (Lipinski definition) is 8. The zero-order valence-corrected chi connectivity index (χ0v) is 31.2. The van der Waals surface area contributed by atoms with Gasteiger partial charge in [-0.15, -0.1) is 13.2 Å². The molecule has 1 spiro atoms. The van der Waals surface area contributed by atoms with Gasteiger partial charge in [0.05, 0.1) is 30.6 Å². The van der Waals surface area contributed by atoms with Crippen LogP contribution in [-0.4, -0.2) is 95.1 Å². The predicted octanol–water partition coefficient (Wildman–Crippen LogP) is 4.55. The van der Waals surface area contributed by atoms with Gasteiger partial charge in [-0.25, -0.2) is 0 Å². The minimum absolute atomic E-state index is 0.112. The van der Waals surface area contributed by atoms with Gasteiger partial charge in [-0.05, 0) is 63.4 Å². The third kappa shape index (κ3) is 7.36. The molecule has 3 fully saturated rings. The molecular formula is C39H49BrN4O7. The molecule has 11 nitrogen and oxygen atoms in total. The molecule has 2 bridgehead atoms. The van der Waals surface area contributed by atoms with E-state index in [-0.39, 0.29) is 42.8 Å². The van der Waals surface area contributed by atoms with Gasteiger partial charge < -0.3 is 34.6 Å². The molecule has 3 heterocycles. The molecule has 274 valence electrons. The van der Waals surface area contributed by atoms with E-state index in [0.717, 1.165) is 18.8 Å². The fourth-order valence-electron chi connectivity index (χ4n) is 8.00. The molecule has 3 aliphatic heterocycles. The molecule has 0 radical (unpaired) electrons. The van der Waals surface area contributed by atoms with E-state index in [0.29, 0.717) is 24.1 Å². The topological polar surface area (TPSA) is 129 Å². The molecule has 2 aromatic rings. The van der Waals surface area contributed by atoms with Crippen LogP contribution in [0, 0.1) is 11.8 Å². The number of anilines is 2. The van der Waals surface area contributed by atoms with Crippen LogP contribution >= 0.6 is 15.9 Å². The summed E-state index contributed by atoms with van der Waals surface area (Å²) in [4.78, 5) is 61.0. The number of nitrogens with zero attached hydrogens (tertiary/aromatic N) is 3. The Morgan fingerprint density at radius 3 is 2.37 bits per heavy atom. The Bertz CT molecular complexity index is 1590. The highest BCUT2D eigenvalue weighted by Gasteiger charge is 2.77. The highest BCUT2D eigenvalue weighted by Crippen LogP contribution is 2.60. The second-order valence-corrected chi connectivity index (χ2v) is 14.5. The summed E-state index contributed by atoms with van der Waals surface area (Å²) in [5.41, 5.74) is 0.975. The molecule has 3 aliphatic rings. The van der Waals surface area contributed by atoms with Gasteiger partial charge in [-0.3, -0.25) is 19.2 Å². The lowest BCUT2D eigenvalue weighted by molar-refractivity contribution is -0.162. The number of alkyl halides is 1. The largest absolute Gasteiger partial charge is 0.455 e. The van der Waals surface area contributed by atoms with Crippen molar-refractivity contribution in [3.05, 3.63) is 85.5 Å². The van der Waals surface area contributed by atoms with E-state index in [1.54, 1.807) is 24.0 Å². The molecule has 5 rings (SSSR count). The molecule has 8 atom stereocenters. The van der Waals surface area contributed by atoms with Crippen molar-refractivity contribution >= 4 is 51.0 Å². The molecule has 0 aromatic heterocycles. The predicted molar refractivity (Wildman–Crippen MR) is 199 cm³/mol. The molecule has 12 heteroatoms. The number of allylic oxidation sites excluding steroid dienone is 1. The summed E-state index contributed by atoms with van der Waals surface area (Å²) in [5.74, 6) is -3.75. The number of rotatable bonds is 17. The number of nitrogens with one attached hydrogen (secondary N) is 1. The Labute approximate surface area is 308 Å². The molecule has 3 amide bonds. The minimum Gasteiger partial charge on any atom is -0.455 e. The highest BCUT2D eigenvalue weighted by atomic mass is 79.9. The van der Waals surface area contributed by atoms with E-state index in [1.165, 1.54) is 4.90 Å². The molecule has 0 saturated carbocycles. The second kappa shape index (κ2) is 16.6. The first-order chi connectivity index (χ1) is 24.6. The monoisotopic (exact) mass is 764 g/mol. The number of ether oxygens (including phenoxy) is 2. The maximum absolute atomic E-state index is 14.8. The Hall–Kier alpha value is -4.00. The van der Waals surface area contributed by atoms with Crippen molar-refractivity contribution in [1.82, 2.24) is 10.2 Å². The van der Waals surface area contributed by atoms with Crippen molar-refractivity contribution in [2.24, 2.45) is 11.8 Å². The molecule has 3 saturated heterocycles. The zero-order valence-electron chi connectivity index (χ0n) is 29.6. The van der Waals surface area contributed by atoms with E-state index in [2.05, 4.69) is 53.2 Å². The van der Waals surface area contributed by atoms with E-state index in [4.69, 9.17) is 9.47 Å². The minimum atomic E-state index is -1.35. The smallest absolute Gasteiger partial charge is 0.313 e. The summed E-state index contributed by atoms with van der Waals surface area (Å²) in [5, 5.41) is 13.0. The zero-order chi connectivity index (χ0) is 36.9. The van der Waals surface area contributed by atoms with Crippen molar-refractivity contribution in [2.75, 3.05) is 42.6 Å². The summed E-state index contributed by atoms with van der Waals surface area (Å²) < 4.78 is 12.9. The van der Waals surface area contributed by atoms with Crippen LogP contribution in [0.15, 0.2) is 79.9 Å². The van der Waals surface area contributed by atoms with Crippen molar-refractivity contribution in [2.45, 2.75) is 74.8 Å². The number of β-amino-alcohol motifs (C(OH)–C–C–N with tert-alkyl or cyclic N) is 1. The van der Waals surface area contributed by atoms with Crippen molar-refractivity contribution < 1.29 is 33.8 Å². The number of likely N-dealkylation sites (tertiary alicyclic amines) is 1. The lowest BCUT2D eigenvalue weighted by Gasteiger charge is -2.37. The van der Waals surface area contributed by atoms with Crippen LogP contribution < -0.4 is 15.1 Å². The molecular weight excluding hydrogens is 716 g/mol. The number of halogens is 1. The van der Waals surface area contributed by atoms with Crippen LogP contribution in [0.2, 0.25) is 0 Å². The van der Waals surface area contributed by atoms with Gasteiger partial charge in [-0.1, -0.05) is 58.4 Å². The molecule has 2 N–H and O–H groups in total. The van der Waals surface area contributed by atoms with Gasteiger partial charge >= 0.3 is 5.97 Å². The molecule has 1 unspecified atom stereocenters. The number of amides is 3. The van der Waals surface area contributed by atoms with Crippen LogP contribution in [0.5, 0.6) is 0 Å². The lowest BCUT2D eigenvalue weighted by Crippen LogP contribution is -2.57. The van der Waals surface area contributed by atoms with Gasteiger partial charge in [-0.2, -0.15) is 0 Å². The van der Waals surface area contributed by atoms with Crippen molar-refractivity contribution in [3.8, 4) is 0 Å². The summed E-state index contributed by atoms with van der Waals surface area (Å²) in [6.45, 7) is 14.8. The van der Waals surface area contributed by atoms with E-state index >= 15 is 0 Å². The molecule has 2 aromatic carbocycles. The quantitative estimate of drug-likeness (QED) is 0.137. The normalized spacial score (nSPS) is 25.9. The summed E-state index contributed by atoms with van der Waals surface area (Å²) in [6.07, 6.45) is 2.73. The average Bonchev–Trinajstić information content (AvgIpc) is 3.72. The first-order valence-electron chi connectivity index (χ1n) is 17.7. The van der Waals surface area contributed by atoms with Crippen LogP contribution in [-0.2, 0) is 28.7 Å². The standard InChI is InChI=1S/C39H49BrN4O7/c1-6-10-16-30(46)41-25(5)33(26-14-12-11-13-15-26)50-38(49)31-32-36(47)44(22-23-45)35(39(32)24-29(40)34(31)51-39)37(48)43(21-7-2)28-19-17-27(18-20-28)42(8-3)9-4/h6-7,11-15,17-20,25,29,31-35,45H,1-2,8-10,16,21-24H2,3-5H3,(H,41,46)/t25-,29?,31+,32-,33-,34+,35+,39-/m1/s1. The first kappa shape index (κ1) is 38.2. The Morgan fingerprint density at radius 1 is 1.10 bits per heavy atom. The number of benzene rings is 2. The van der Waals surface area contributed by atoms with Gasteiger partial charge in [0.15, 0.2) is 0 Å². The Balaban J connectivity index is 1.47. The van der Waals surface area contributed by atoms with Gasteiger partial charge in [0, 0.05) is 48.8 Å². The molecule has 51 heavy (non-hydrogen) atoms. The maximum Gasteiger partial charge on any atom is 0.313 e. The number of esters is 1. The number of carbonyl (C=O) groups excluding carboxylic acids is 4. The molecule has 0 aliphatic carbocycles. The average molecular weight is 766 g/mol. The fourth-order valence-corrected chi connectivity index (χ4v) is 8.94. The van der Waals surface area contributed by atoms with Crippen LogP contribution in [0.3, 0.4) is 0 Å². The fraction of sp³-hybridized carbons (Fsp3) is 0.487. The van der Waals surface area contributed by atoms with E-state index in [9.17, 15) is 24.3 Å². The van der Waals surface area contributed by atoms with Gasteiger partial charge in [0.2, 0.25) is 11.8 Å². The summed E-state index contributed by atoms with van der Waals surface area (Å²) in [7, 11) is 0. The summed E-state index contributed by atoms with van der Waals surface area (Å²) in [6, 6.07) is 15.1. The van der Waals surface area contributed by atoms with Crippen LogP contribution in [0.25, 0.3) is 0 Å². The Morgan fingerprint density at radius 2 is 1.76 bits per heavy atom. The third-order valence-corrected chi connectivity index (χ3v) is 11.1. The summed E-state index contributed by atoms with van der Waals surface area (Å²) >= 11 is 3.71. The third-order valence-electron chi connectivity index (χ3n) is 10.3. The Kier molecular flexibility index (Phi) is 12.4. The SMILES string of the molecule is C=CCCC(=O)N[C@H](C)[C@@H](OC(=O)[C@@H]1[C@H]2O[C@@]3(CC2Br)[C@H](C(=O)N(CC=C)c2ccc(N(CC)CC)cc2)N(CCO)C(=O)[C@@H]13)c1ccccc1. The van der Waals surface area contributed by atoms with Gasteiger partial charge in [0.1, 0.15) is 17.7 Å². The van der Waals surface area contributed by atoms with Crippen molar-refractivity contribution in [3.63, 3.8) is 0 Å². The van der Waals surface area contributed by atoms with Crippen molar-refractivity contribution in [1.29, 1.82) is 0 Å².